The van der Waals surface area contributed by atoms with Gasteiger partial charge in [-0.1, -0.05) is 12.1 Å². The predicted octanol–water partition coefficient (Wildman–Crippen LogP) is 0.880. The second-order valence-electron chi connectivity index (χ2n) is 6.10. The van der Waals surface area contributed by atoms with E-state index in [1.165, 1.54) is 17.1 Å². The van der Waals surface area contributed by atoms with Gasteiger partial charge in [0, 0.05) is 11.2 Å². The van der Waals surface area contributed by atoms with E-state index in [0.29, 0.717) is 29.0 Å². The fourth-order valence-corrected chi connectivity index (χ4v) is 3.63. The van der Waals surface area contributed by atoms with Crippen LogP contribution in [-0.4, -0.2) is 40.2 Å². The van der Waals surface area contributed by atoms with Crippen molar-refractivity contribution in [2.24, 2.45) is 0 Å². The molecular formula is C17H17N5O3S. The molecule has 1 aliphatic rings. The van der Waals surface area contributed by atoms with Crippen molar-refractivity contribution in [2.45, 2.75) is 30.6 Å². The summed E-state index contributed by atoms with van der Waals surface area (Å²) < 4.78 is 14.8. The molecule has 0 spiro atoms. The molecule has 9 heteroatoms. The SMILES string of the molecule is C=CCn1c(=O)c2cnc([S+](C)[O-])nc2n1-c1ccc2c(n1)C(O)CC2. The Labute approximate surface area is 152 Å². The molecule has 0 amide bonds. The number of nitrogens with zero attached hydrogens (tertiary/aromatic N) is 5. The van der Waals surface area contributed by atoms with Crippen LogP contribution >= 0.6 is 0 Å². The topological polar surface area (TPSA) is 109 Å². The van der Waals surface area contributed by atoms with Crippen LogP contribution in [0.1, 0.15) is 23.8 Å². The van der Waals surface area contributed by atoms with Crippen molar-refractivity contribution in [2.75, 3.05) is 6.26 Å². The Morgan fingerprint density at radius 1 is 1.46 bits per heavy atom. The molecule has 0 fully saturated rings. The lowest BCUT2D eigenvalue weighted by atomic mass is 10.2. The molecule has 1 aliphatic carbocycles. The van der Waals surface area contributed by atoms with Crippen molar-refractivity contribution in [3.63, 3.8) is 0 Å². The van der Waals surface area contributed by atoms with Gasteiger partial charge in [0.15, 0.2) is 11.5 Å². The molecule has 134 valence electrons. The molecule has 0 bridgehead atoms. The van der Waals surface area contributed by atoms with E-state index in [0.717, 1.165) is 12.0 Å². The van der Waals surface area contributed by atoms with Crippen LogP contribution < -0.4 is 5.56 Å². The van der Waals surface area contributed by atoms with Crippen LogP contribution in [0.3, 0.4) is 0 Å². The van der Waals surface area contributed by atoms with Gasteiger partial charge in [-0.25, -0.2) is 14.3 Å². The maximum absolute atomic E-state index is 12.8. The van der Waals surface area contributed by atoms with Gasteiger partial charge >= 0.3 is 5.16 Å². The number of aliphatic hydroxyl groups excluding tert-OH is 1. The molecule has 3 aromatic heterocycles. The lowest BCUT2D eigenvalue weighted by Crippen LogP contribution is -2.22. The van der Waals surface area contributed by atoms with Gasteiger partial charge in [-0.05, 0) is 24.5 Å². The number of allylic oxidation sites excluding steroid dienone is 1. The highest BCUT2D eigenvalue weighted by Gasteiger charge is 2.25. The van der Waals surface area contributed by atoms with Gasteiger partial charge in [-0.15, -0.1) is 6.58 Å². The Kier molecular flexibility index (Phi) is 4.14. The normalized spacial score (nSPS) is 17.4. The number of aliphatic hydroxyl groups is 1. The van der Waals surface area contributed by atoms with E-state index < -0.39 is 17.3 Å². The molecule has 1 N–H and O–H groups in total. The highest BCUT2D eigenvalue weighted by atomic mass is 32.2. The number of aromatic nitrogens is 5. The molecular weight excluding hydrogens is 354 g/mol. The van der Waals surface area contributed by atoms with Crippen LogP contribution in [0.5, 0.6) is 0 Å². The Hall–Kier alpha value is -2.49. The van der Waals surface area contributed by atoms with Gasteiger partial charge in [0.05, 0.1) is 24.5 Å². The second-order valence-corrected chi connectivity index (χ2v) is 7.37. The van der Waals surface area contributed by atoms with E-state index in [1.54, 1.807) is 16.8 Å². The molecule has 4 rings (SSSR count). The average Bonchev–Trinajstić information content (AvgIpc) is 3.13. The summed E-state index contributed by atoms with van der Waals surface area (Å²) in [4.78, 5) is 25.7. The second kappa shape index (κ2) is 6.35. The monoisotopic (exact) mass is 371 g/mol. The van der Waals surface area contributed by atoms with Crippen LogP contribution in [0.4, 0.5) is 0 Å². The molecule has 26 heavy (non-hydrogen) atoms. The summed E-state index contributed by atoms with van der Waals surface area (Å²) in [7, 11) is 0. The summed E-state index contributed by atoms with van der Waals surface area (Å²) in [6.45, 7) is 3.95. The number of rotatable bonds is 4. The molecule has 0 aliphatic heterocycles. The summed E-state index contributed by atoms with van der Waals surface area (Å²) >= 11 is -1.38. The third-order valence-corrected chi connectivity index (χ3v) is 5.14. The minimum atomic E-state index is -1.38. The zero-order chi connectivity index (χ0) is 18.4. The van der Waals surface area contributed by atoms with Crippen LogP contribution in [-0.2, 0) is 24.1 Å². The first-order valence-corrected chi connectivity index (χ1v) is 9.68. The van der Waals surface area contributed by atoms with Gasteiger partial charge in [-0.3, -0.25) is 4.79 Å². The zero-order valence-electron chi connectivity index (χ0n) is 14.1. The van der Waals surface area contributed by atoms with E-state index in [1.807, 2.05) is 6.07 Å². The van der Waals surface area contributed by atoms with E-state index in [-0.39, 0.29) is 17.3 Å². The van der Waals surface area contributed by atoms with E-state index in [2.05, 4.69) is 21.5 Å². The Morgan fingerprint density at radius 3 is 3.00 bits per heavy atom. The molecule has 2 unspecified atom stereocenters. The average molecular weight is 371 g/mol. The Balaban J connectivity index is 2.02. The number of hydrogen-bond acceptors (Lipinski definition) is 6. The molecule has 3 heterocycles. The van der Waals surface area contributed by atoms with Crippen molar-refractivity contribution in [1.82, 2.24) is 24.3 Å². The minimum Gasteiger partial charge on any atom is -0.609 e. The quantitative estimate of drug-likeness (QED) is 0.414. The van der Waals surface area contributed by atoms with Gasteiger partial charge in [0.25, 0.3) is 5.56 Å². The molecule has 0 saturated heterocycles. The minimum absolute atomic E-state index is 0.142. The van der Waals surface area contributed by atoms with Crippen LogP contribution in [0.2, 0.25) is 0 Å². The highest BCUT2D eigenvalue weighted by Crippen LogP contribution is 2.30. The van der Waals surface area contributed by atoms with Crippen molar-refractivity contribution >= 4 is 22.2 Å². The summed E-state index contributed by atoms with van der Waals surface area (Å²) in [5.41, 5.74) is 1.67. The van der Waals surface area contributed by atoms with Crippen molar-refractivity contribution in [3.8, 4) is 5.82 Å². The third-order valence-electron chi connectivity index (χ3n) is 4.43. The van der Waals surface area contributed by atoms with Crippen molar-refractivity contribution in [1.29, 1.82) is 0 Å². The molecule has 8 nitrogen and oxygen atoms in total. The van der Waals surface area contributed by atoms with E-state index in [9.17, 15) is 14.5 Å². The number of hydrogen-bond donors (Lipinski definition) is 1. The summed E-state index contributed by atoms with van der Waals surface area (Å²) in [5.74, 6) is 0.463. The lowest BCUT2D eigenvalue weighted by molar-refractivity contribution is 0.175. The summed E-state index contributed by atoms with van der Waals surface area (Å²) in [6.07, 6.45) is 5.27. The lowest BCUT2D eigenvalue weighted by Gasteiger charge is -2.12. The molecule has 0 radical (unpaired) electrons. The third kappa shape index (κ3) is 2.56. The molecule has 0 saturated carbocycles. The van der Waals surface area contributed by atoms with Crippen molar-refractivity contribution < 1.29 is 9.66 Å². The largest absolute Gasteiger partial charge is 0.609 e. The van der Waals surface area contributed by atoms with Crippen LogP contribution in [0.15, 0.2) is 40.9 Å². The van der Waals surface area contributed by atoms with Crippen molar-refractivity contribution in [3.05, 3.63) is 52.6 Å². The Bertz CT molecular complexity index is 1070. The van der Waals surface area contributed by atoms with E-state index in [4.69, 9.17) is 0 Å². The van der Waals surface area contributed by atoms with Crippen LogP contribution in [0, 0.1) is 0 Å². The van der Waals surface area contributed by atoms with Gasteiger partial charge in [0.2, 0.25) is 0 Å². The first-order chi connectivity index (χ1) is 12.5. The maximum atomic E-state index is 12.8. The number of aryl methyl sites for hydroxylation is 1. The first-order valence-electron chi connectivity index (χ1n) is 8.12. The van der Waals surface area contributed by atoms with Crippen LogP contribution in [0.25, 0.3) is 16.9 Å². The fraction of sp³-hybridized carbons (Fsp3) is 0.294. The summed E-state index contributed by atoms with van der Waals surface area (Å²) in [6, 6.07) is 3.70. The smallest absolute Gasteiger partial charge is 0.344 e. The Morgan fingerprint density at radius 2 is 2.27 bits per heavy atom. The highest BCUT2D eigenvalue weighted by molar-refractivity contribution is 7.90. The van der Waals surface area contributed by atoms with E-state index >= 15 is 0 Å². The summed E-state index contributed by atoms with van der Waals surface area (Å²) in [5, 5.41) is 10.6. The maximum Gasteiger partial charge on any atom is 0.344 e. The van der Waals surface area contributed by atoms with Gasteiger partial charge in [-0.2, -0.15) is 9.97 Å². The molecule has 3 aromatic rings. The standard InChI is InChI=1S/C17H17N5O3S/c1-3-8-21-16(24)11-9-18-17(26(2)25)20-15(11)22(21)13-7-5-10-4-6-12(23)14(10)19-13/h3,5,7,9,12,23H,1,4,6,8H2,2H3. The fourth-order valence-electron chi connectivity index (χ4n) is 3.21. The van der Waals surface area contributed by atoms with Gasteiger partial charge < -0.3 is 9.66 Å². The molecule has 2 atom stereocenters. The molecule has 0 aromatic carbocycles. The zero-order valence-corrected chi connectivity index (χ0v) is 14.9. The predicted molar refractivity (Wildman–Crippen MR) is 96.7 cm³/mol. The first kappa shape index (κ1) is 17.0. The number of pyridine rings is 1. The number of fused-ring (bicyclic) bond motifs is 2. The van der Waals surface area contributed by atoms with Gasteiger partial charge in [0.1, 0.15) is 11.6 Å².